The number of amides is 1. The van der Waals surface area contributed by atoms with Crippen LogP contribution in [0.2, 0.25) is 5.02 Å². The van der Waals surface area contributed by atoms with E-state index in [2.05, 4.69) is 10.6 Å². The van der Waals surface area contributed by atoms with E-state index < -0.39 is 0 Å². The van der Waals surface area contributed by atoms with Crippen molar-refractivity contribution in [2.75, 3.05) is 13.1 Å². The number of nitrogens with one attached hydrogen (secondary N) is 2. The number of hydrogen-bond donors (Lipinski definition) is 2. The van der Waals surface area contributed by atoms with Crippen LogP contribution in [0.15, 0.2) is 24.3 Å². The molecule has 1 aliphatic heterocycles. The number of carbonyl (C=O) groups is 1. The molecule has 98 valence electrons. The second kappa shape index (κ2) is 6.76. The molecule has 1 fully saturated rings. The van der Waals surface area contributed by atoms with Crippen molar-refractivity contribution in [1.82, 2.24) is 10.6 Å². The first-order valence-corrected chi connectivity index (χ1v) is 6.83. The molecule has 1 aliphatic rings. The minimum absolute atomic E-state index is 0.128. The van der Waals surface area contributed by atoms with Crippen molar-refractivity contribution in [1.29, 1.82) is 0 Å². The van der Waals surface area contributed by atoms with Gasteiger partial charge in [-0.15, -0.1) is 0 Å². The highest BCUT2D eigenvalue weighted by molar-refractivity contribution is 6.30. The molecular weight excluding hydrogens is 248 g/mol. The largest absolute Gasteiger partial charge is 0.352 e. The molecule has 3 nitrogen and oxygen atoms in total. The molecule has 1 unspecified atom stereocenters. The predicted octanol–water partition coefficient (Wildman–Crippen LogP) is 2.35. The van der Waals surface area contributed by atoms with Gasteiger partial charge in [-0.1, -0.05) is 23.7 Å². The van der Waals surface area contributed by atoms with Crippen LogP contribution in [-0.2, 0) is 11.3 Å². The minimum atomic E-state index is 0.128. The van der Waals surface area contributed by atoms with Gasteiger partial charge in [-0.3, -0.25) is 4.79 Å². The quantitative estimate of drug-likeness (QED) is 0.878. The number of rotatable bonds is 4. The van der Waals surface area contributed by atoms with Gasteiger partial charge in [-0.25, -0.2) is 0 Å². The van der Waals surface area contributed by atoms with Crippen LogP contribution in [0.5, 0.6) is 0 Å². The third kappa shape index (κ3) is 4.31. The van der Waals surface area contributed by atoms with E-state index in [1.807, 2.05) is 24.3 Å². The van der Waals surface area contributed by atoms with Crippen LogP contribution in [0.25, 0.3) is 0 Å². The van der Waals surface area contributed by atoms with E-state index in [0.29, 0.717) is 23.9 Å². The van der Waals surface area contributed by atoms with Gasteiger partial charge in [0.2, 0.25) is 5.91 Å². The zero-order chi connectivity index (χ0) is 12.8. The van der Waals surface area contributed by atoms with Crippen molar-refractivity contribution >= 4 is 17.5 Å². The Balaban J connectivity index is 1.74. The molecule has 1 saturated heterocycles. The molecule has 1 aromatic carbocycles. The van der Waals surface area contributed by atoms with Crippen molar-refractivity contribution in [2.45, 2.75) is 25.8 Å². The zero-order valence-electron chi connectivity index (χ0n) is 10.4. The summed E-state index contributed by atoms with van der Waals surface area (Å²) in [6.07, 6.45) is 2.94. The Morgan fingerprint density at radius 3 is 3.11 bits per heavy atom. The molecule has 18 heavy (non-hydrogen) atoms. The number of hydrogen-bond acceptors (Lipinski definition) is 2. The topological polar surface area (TPSA) is 41.1 Å². The van der Waals surface area contributed by atoms with E-state index in [4.69, 9.17) is 11.6 Å². The van der Waals surface area contributed by atoms with Crippen molar-refractivity contribution in [2.24, 2.45) is 5.92 Å². The Morgan fingerprint density at radius 2 is 2.39 bits per heavy atom. The lowest BCUT2D eigenvalue weighted by Crippen LogP contribution is -2.34. The van der Waals surface area contributed by atoms with E-state index in [0.717, 1.165) is 25.1 Å². The van der Waals surface area contributed by atoms with Gasteiger partial charge in [0.05, 0.1) is 0 Å². The second-order valence-corrected chi connectivity index (χ2v) is 5.26. The van der Waals surface area contributed by atoms with E-state index in [1.54, 1.807) is 0 Å². The van der Waals surface area contributed by atoms with E-state index >= 15 is 0 Å². The number of piperidine rings is 1. The van der Waals surface area contributed by atoms with Gasteiger partial charge in [0.1, 0.15) is 0 Å². The lowest BCUT2D eigenvalue weighted by molar-refractivity contribution is -0.122. The third-order valence-electron chi connectivity index (χ3n) is 3.25. The molecule has 2 N–H and O–H groups in total. The summed E-state index contributed by atoms with van der Waals surface area (Å²) in [4.78, 5) is 11.8. The highest BCUT2D eigenvalue weighted by Gasteiger charge is 2.16. The standard InChI is InChI=1S/C14H19ClN2O/c15-13-5-1-3-11(7-13)10-17-14(18)8-12-4-2-6-16-9-12/h1,3,5,7,12,16H,2,4,6,8-10H2,(H,17,18). The van der Waals surface area contributed by atoms with Gasteiger partial charge in [-0.05, 0) is 49.5 Å². The van der Waals surface area contributed by atoms with Crippen LogP contribution in [-0.4, -0.2) is 19.0 Å². The Bertz CT molecular complexity index is 403. The summed E-state index contributed by atoms with van der Waals surface area (Å²) in [6.45, 7) is 2.60. The molecule has 4 heteroatoms. The molecule has 0 aromatic heterocycles. The van der Waals surface area contributed by atoms with Gasteiger partial charge in [0.25, 0.3) is 0 Å². The molecule has 0 spiro atoms. The Kier molecular flexibility index (Phi) is 5.02. The summed E-state index contributed by atoms with van der Waals surface area (Å²) < 4.78 is 0. The average molecular weight is 267 g/mol. The lowest BCUT2D eigenvalue weighted by Gasteiger charge is -2.22. The summed E-state index contributed by atoms with van der Waals surface area (Å²) in [5.74, 6) is 0.613. The normalized spacial score (nSPS) is 19.5. The molecule has 0 bridgehead atoms. The van der Waals surface area contributed by atoms with Crippen LogP contribution >= 0.6 is 11.6 Å². The minimum Gasteiger partial charge on any atom is -0.352 e. The van der Waals surface area contributed by atoms with Gasteiger partial charge in [0.15, 0.2) is 0 Å². The maximum Gasteiger partial charge on any atom is 0.220 e. The fourth-order valence-electron chi connectivity index (χ4n) is 2.28. The molecule has 0 saturated carbocycles. The van der Waals surface area contributed by atoms with E-state index in [1.165, 1.54) is 6.42 Å². The first-order valence-electron chi connectivity index (χ1n) is 6.46. The average Bonchev–Trinajstić information content (AvgIpc) is 2.38. The van der Waals surface area contributed by atoms with Crippen molar-refractivity contribution in [3.8, 4) is 0 Å². The van der Waals surface area contributed by atoms with Gasteiger partial charge < -0.3 is 10.6 Å². The number of carbonyl (C=O) groups excluding carboxylic acids is 1. The van der Waals surface area contributed by atoms with Gasteiger partial charge >= 0.3 is 0 Å². The highest BCUT2D eigenvalue weighted by atomic mass is 35.5. The SMILES string of the molecule is O=C(CC1CCCNC1)NCc1cccc(Cl)c1. The van der Waals surface area contributed by atoms with Crippen LogP contribution in [0.3, 0.4) is 0 Å². The lowest BCUT2D eigenvalue weighted by atomic mass is 9.96. The Hall–Kier alpha value is -1.06. The number of benzene rings is 1. The van der Waals surface area contributed by atoms with Crippen LogP contribution in [0.4, 0.5) is 0 Å². The molecule has 1 heterocycles. The second-order valence-electron chi connectivity index (χ2n) is 4.82. The molecule has 0 aliphatic carbocycles. The molecular formula is C14H19ClN2O. The van der Waals surface area contributed by atoms with Crippen molar-refractivity contribution in [3.63, 3.8) is 0 Å². The maximum absolute atomic E-state index is 11.8. The smallest absolute Gasteiger partial charge is 0.220 e. The van der Waals surface area contributed by atoms with E-state index in [9.17, 15) is 4.79 Å². The van der Waals surface area contributed by atoms with Crippen molar-refractivity contribution < 1.29 is 4.79 Å². The summed E-state index contributed by atoms with van der Waals surface area (Å²) >= 11 is 5.89. The molecule has 0 radical (unpaired) electrons. The van der Waals surface area contributed by atoms with Crippen molar-refractivity contribution in [3.05, 3.63) is 34.9 Å². The first kappa shape index (κ1) is 13.4. The number of halogens is 1. The molecule has 2 rings (SSSR count). The molecule has 1 aromatic rings. The van der Waals surface area contributed by atoms with Crippen LogP contribution < -0.4 is 10.6 Å². The Morgan fingerprint density at radius 1 is 1.50 bits per heavy atom. The summed E-state index contributed by atoms with van der Waals surface area (Å²) in [5, 5.41) is 6.98. The third-order valence-corrected chi connectivity index (χ3v) is 3.49. The maximum atomic E-state index is 11.8. The van der Waals surface area contributed by atoms with Crippen LogP contribution in [0, 0.1) is 5.92 Å². The van der Waals surface area contributed by atoms with E-state index in [-0.39, 0.29) is 5.91 Å². The summed E-state index contributed by atoms with van der Waals surface area (Å²) in [5.41, 5.74) is 1.04. The van der Waals surface area contributed by atoms with Gasteiger partial charge in [-0.2, -0.15) is 0 Å². The molecule has 1 amide bonds. The zero-order valence-corrected chi connectivity index (χ0v) is 11.2. The van der Waals surface area contributed by atoms with Crippen LogP contribution in [0.1, 0.15) is 24.8 Å². The predicted molar refractivity (Wildman–Crippen MR) is 73.5 cm³/mol. The molecule has 1 atom stereocenters. The fraction of sp³-hybridized carbons (Fsp3) is 0.500. The summed E-state index contributed by atoms with van der Waals surface area (Å²) in [6, 6.07) is 7.58. The highest BCUT2D eigenvalue weighted by Crippen LogP contribution is 2.14. The van der Waals surface area contributed by atoms with Gasteiger partial charge in [0, 0.05) is 18.0 Å². The summed E-state index contributed by atoms with van der Waals surface area (Å²) in [7, 11) is 0. The fourth-order valence-corrected chi connectivity index (χ4v) is 2.49. The Labute approximate surface area is 113 Å². The monoisotopic (exact) mass is 266 g/mol. The first-order chi connectivity index (χ1) is 8.74.